The van der Waals surface area contributed by atoms with Crippen molar-refractivity contribution in [2.45, 2.75) is 13.5 Å². The number of nitrogens with one attached hydrogen (secondary N) is 1. The molecule has 0 unspecified atom stereocenters. The van der Waals surface area contributed by atoms with E-state index in [1.165, 1.54) is 4.88 Å². The van der Waals surface area contributed by atoms with Crippen molar-refractivity contribution in [2.75, 3.05) is 25.5 Å². The van der Waals surface area contributed by atoms with Crippen molar-refractivity contribution in [2.24, 2.45) is 0 Å². The molecule has 2 rings (SSSR count). The third-order valence-corrected chi connectivity index (χ3v) is 5.00. The van der Waals surface area contributed by atoms with Gasteiger partial charge in [-0.2, -0.15) is 0 Å². The molecule has 128 valence electrons. The molecule has 0 saturated carbocycles. The Labute approximate surface area is 155 Å². The molecule has 4 nitrogen and oxygen atoms in total. The Kier molecular flexibility index (Phi) is 7.02. The van der Waals surface area contributed by atoms with Gasteiger partial charge in [-0.05, 0) is 52.7 Å². The molecule has 1 aromatic carbocycles. The zero-order valence-corrected chi connectivity index (χ0v) is 16.2. The minimum absolute atomic E-state index is 0.0728. The maximum Gasteiger partial charge on any atom is 0.238 e. The summed E-state index contributed by atoms with van der Waals surface area (Å²) in [5.41, 5.74) is 1.76. The standard InChI is InChI=1S/C18H21BrN2O2S/c1-4-9-21(11-14-6-8-17(19)24-14)12-18(22)20-15-10-13(2)5-7-16(15)23-3/h4-8,10H,1,9,11-12H2,2-3H3,(H,20,22). The molecule has 2 aromatic rings. The van der Waals surface area contributed by atoms with Crippen LogP contribution in [0.5, 0.6) is 5.75 Å². The third-order valence-electron chi connectivity index (χ3n) is 3.39. The van der Waals surface area contributed by atoms with Crippen LogP contribution in [-0.2, 0) is 11.3 Å². The molecular weight excluding hydrogens is 388 g/mol. The van der Waals surface area contributed by atoms with Gasteiger partial charge in [0.25, 0.3) is 0 Å². The average molecular weight is 409 g/mol. The number of ether oxygens (including phenoxy) is 1. The van der Waals surface area contributed by atoms with Gasteiger partial charge in [0, 0.05) is 18.0 Å². The van der Waals surface area contributed by atoms with Gasteiger partial charge in [0.1, 0.15) is 5.75 Å². The monoisotopic (exact) mass is 408 g/mol. The summed E-state index contributed by atoms with van der Waals surface area (Å²) in [5, 5.41) is 2.94. The molecule has 0 radical (unpaired) electrons. The Hall–Kier alpha value is -1.63. The van der Waals surface area contributed by atoms with E-state index in [9.17, 15) is 4.79 Å². The summed E-state index contributed by atoms with van der Waals surface area (Å²) >= 11 is 5.14. The van der Waals surface area contributed by atoms with Crippen molar-refractivity contribution in [1.82, 2.24) is 4.90 Å². The van der Waals surface area contributed by atoms with Crippen LogP contribution in [0.15, 0.2) is 46.8 Å². The molecule has 0 spiro atoms. The summed E-state index contributed by atoms with van der Waals surface area (Å²) in [6.45, 7) is 7.40. The van der Waals surface area contributed by atoms with E-state index in [1.54, 1.807) is 18.4 Å². The number of benzene rings is 1. The van der Waals surface area contributed by atoms with Gasteiger partial charge in [-0.25, -0.2) is 0 Å². The molecule has 24 heavy (non-hydrogen) atoms. The lowest BCUT2D eigenvalue weighted by Crippen LogP contribution is -2.32. The number of amides is 1. The van der Waals surface area contributed by atoms with Crippen molar-refractivity contribution in [3.63, 3.8) is 0 Å². The summed E-state index contributed by atoms with van der Waals surface area (Å²) in [4.78, 5) is 15.7. The molecule has 0 aliphatic rings. The van der Waals surface area contributed by atoms with Crippen LogP contribution >= 0.6 is 27.3 Å². The molecule has 0 bridgehead atoms. The highest BCUT2D eigenvalue weighted by atomic mass is 79.9. The van der Waals surface area contributed by atoms with E-state index in [-0.39, 0.29) is 5.91 Å². The first-order valence-electron chi connectivity index (χ1n) is 7.53. The molecule has 0 aliphatic heterocycles. The Morgan fingerprint density at radius 3 is 2.83 bits per heavy atom. The van der Waals surface area contributed by atoms with Crippen LogP contribution in [0.4, 0.5) is 5.69 Å². The number of thiophene rings is 1. The molecule has 1 heterocycles. The molecular formula is C18H21BrN2O2S. The number of aryl methyl sites for hydroxylation is 1. The van der Waals surface area contributed by atoms with Gasteiger partial charge in [0.05, 0.1) is 23.1 Å². The summed E-state index contributed by atoms with van der Waals surface area (Å²) < 4.78 is 6.39. The lowest BCUT2D eigenvalue weighted by Gasteiger charge is -2.20. The number of rotatable bonds is 8. The smallest absolute Gasteiger partial charge is 0.238 e. The predicted octanol–water partition coefficient (Wildman–Crippen LogP) is 4.45. The number of anilines is 1. The fraction of sp³-hybridized carbons (Fsp3) is 0.278. The summed E-state index contributed by atoms with van der Waals surface area (Å²) in [6, 6.07) is 9.80. The Bertz CT molecular complexity index is 715. The van der Waals surface area contributed by atoms with Gasteiger partial charge in [-0.15, -0.1) is 17.9 Å². The number of hydrogen-bond acceptors (Lipinski definition) is 4. The van der Waals surface area contributed by atoms with E-state index in [2.05, 4.69) is 33.9 Å². The Morgan fingerprint density at radius 1 is 1.42 bits per heavy atom. The van der Waals surface area contributed by atoms with Gasteiger partial charge < -0.3 is 10.1 Å². The zero-order chi connectivity index (χ0) is 17.5. The van der Waals surface area contributed by atoms with E-state index >= 15 is 0 Å². The molecule has 1 N–H and O–H groups in total. The van der Waals surface area contributed by atoms with E-state index in [0.29, 0.717) is 31.1 Å². The van der Waals surface area contributed by atoms with E-state index in [0.717, 1.165) is 9.35 Å². The predicted molar refractivity (Wildman–Crippen MR) is 104 cm³/mol. The number of carbonyl (C=O) groups is 1. The highest BCUT2D eigenvalue weighted by Gasteiger charge is 2.13. The molecule has 0 aliphatic carbocycles. The van der Waals surface area contributed by atoms with Crippen molar-refractivity contribution in [3.8, 4) is 5.75 Å². The highest BCUT2D eigenvalue weighted by Crippen LogP contribution is 2.26. The lowest BCUT2D eigenvalue weighted by atomic mass is 10.2. The lowest BCUT2D eigenvalue weighted by molar-refractivity contribution is -0.117. The van der Waals surface area contributed by atoms with Gasteiger partial charge in [-0.3, -0.25) is 9.69 Å². The SMILES string of the molecule is C=CCN(CC(=O)Nc1cc(C)ccc1OC)Cc1ccc(Br)s1. The molecule has 1 aromatic heterocycles. The molecule has 6 heteroatoms. The zero-order valence-electron chi connectivity index (χ0n) is 13.8. The first-order chi connectivity index (χ1) is 11.5. The first kappa shape index (κ1) is 18.7. The number of nitrogens with zero attached hydrogens (tertiary/aromatic N) is 1. The number of methoxy groups -OCH3 is 1. The normalized spacial score (nSPS) is 10.7. The summed E-state index contributed by atoms with van der Waals surface area (Å²) in [5.74, 6) is 0.586. The maximum absolute atomic E-state index is 12.4. The van der Waals surface area contributed by atoms with Crippen molar-refractivity contribution in [1.29, 1.82) is 0 Å². The highest BCUT2D eigenvalue weighted by molar-refractivity contribution is 9.11. The number of carbonyl (C=O) groups excluding carboxylic acids is 1. The molecule has 0 fully saturated rings. The minimum Gasteiger partial charge on any atom is -0.495 e. The van der Waals surface area contributed by atoms with Gasteiger partial charge in [0.2, 0.25) is 5.91 Å². The van der Waals surface area contributed by atoms with Crippen LogP contribution in [0.25, 0.3) is 0 Å². The van der Waals surface area contributed by atoms with Gasteiger partial charge in [0.15, 0.2) is 0 Å². The molecule has 1 amide bonds. The van der Waals surface area contributed by atoms with Crippen molar-refractivity contribution < 1.29 is 9.53 Å². The first-order valence-corrected chi connectivity index (χ1v) is 9.14. The van der Waals surface area contributed by atoms with Crippen LogP contribution in [-0.4, -0.2) is 31.0 Å². The second kappa shape index (κ2) is 9.01. The number of hydrogen-bond donors (Lipinski definition) is 1. The summed E-state index contributed by atoms with van der Waals surface area (Å²) in [6.07, 6.45) is 1.81. The maximum atomic E-state index is 12.4. The van der Waals surface area contributed by atoms with Crippen LogP contribution in [0.2, 0.25) is 0 Å². The molecule has 0 atom stereocenters. The Balaban J connectivity index is 2.02. The fourth-order valence-electron chi connectivity index (χ4n) is 2.34. The van der Waals surface area contributed by atoms with E-state index in [4.69, 9.17) is 4.74 Å². The van der Waals surface area contributed by atoms with E-state index < -0.39 is 0 Å². The summed E-state index contributed by atoms with van der Waals surface area (Å²) in [7, 11) is 1.60. The van der Waals surface area contributed by atoms with Crippen LogP contribution in [0.1, 0.15) is 10.4 Å². The average Bonchev–Trinajstić information content (AvgIpc) is 2.92. The van der Waals surface area contributed by atoms with Crippen molar-refractivity contribution in [3.05, 3.63) is 57.2 Å². The largest absolute Gasteiger partial charge is 0.495 e. The van der Waals surface area contributed by atoms with Crippen LogP contribution in [0.3, 0.4) is 0 Å². The van der Waals surface area contributed by atoms with Gasteiger partial charge in [-0.1, -0.05) is 12.1 Å². The fourth-order valence-corrected chi connectivity index (χ4v) is 3.86. The third kappa shape index (κ3) is 5.47. The van der Waals surface area contributed by atoms with Crippen LogP contribution in [0, 0.1) is 6.92 Å². The van der Waals surface area contributed by atoms with Gasteiger partial charge >= 0.3 is 0 Å². The van der Waals surface area contributed by atoms with Crippen LogP contribution < -0.4 is 10.1 Å². The topological polar surface area (TPSA) is 41.6 Å². The van der Waals surface area contributed by atoms with E-state index in [1.807, 2.05) is 42.2 Å². The second-order valence-corrected chi connectivity index (χ2v) is 7.96. The Morgan fingerprint density at radius 2 is 2.21 bits per heavy atom. The number of halogens is 1. The second-order valence-electron chi connectivity index (χ2n) is 5.42. The minimum atomic E-state index is -0.0728. The molecule has 0 saturated heterocycles. The van der Waals surface area contributed by atoms with Crippen molar-refractivity contribution >= 4 is 38.9 Å². The quantitative estimate of drug-likeness (QED) is 0.655.